The van der Waals surface area contributed by atoms with Crippen molar-refractivity contribution in [3.63, 3.8) is 0 Å². The van der Waals surface area contributed by atoms with Crippen LogP contribution in [0.25, 0.3) is 0 Å². The van der Waals surface area contributed by atoms with Crippen LogP contribution in [0, 0.1) is 0 Å². The summed E-state index contributed by atoms with van der Waals surface area (Å²) in [5.41, 5.74) is -0.417. The van der Waals surface area contributed by atoms with Crippen molar-refractivity contribution < 1.29 is 4.74 Å². The number of hydrogen-bond acceptors (Lipinski definition) is 4. The van der Waals surface area contributed by atoms with Crippen molar-refractivity contribution in [2.45, 2.75) is 13.3 Å². The van der Waals surface area contributed by atoms with E-state index >= 15 is 0 Å². The van der Waals surface area contributed by atoms with Crippen LogP contribution in [0.4, 0.5) is 0 Å². The molecule has 0 aliphatic carbocycles. The normalized spacial score (nSPS) is 16.2. The third kappa shape index (κ3) is 2.23. The summed E-state index contributed by atoms with van der Waals surface area (Å²) in [4.78, 5) is 26.4. The lowest BCUT2D eigenvalue weighted by Crippen LogP contribution is -2.55. The molecule has 0 radical (unpaired) electrons. The van der Waals surface area contributed by atoms with Crippen LogP contribution in [0.5, 0.6) is 0 Å². The largest absolute Gasteiger partial charge is 0.378 e. The molecule has 2 rings (SSSR count). The predicted molar refractivity (Wildman–Crippen MR) is 64.5 cm³/mol. The maximum atomic E-state index is 12.1. The topological polar surface area (TPSA) is 67.3 Å². The standard InChI is InChI=1S/C10H14ClN3O3/c1-2-7-8(11)12-10(16)14(9(7)15)13-3-5-17-6-4-13/h2-6H2,1H3,(H,12,16). The molecule has 2 heterocycles. The van der Waals surface area contributed by atoms with Crippen molar-refractivity contribution in [1.82, 2.24) is 9.66 Å². The highest BCUT2D eigenvalue weighted by Gasteiger charge is 2.18. The minimum Gasteiger partial charge on any atom is -0.378 e. The molecule has 1 N–H and O–H groups in total. The molecule has 0 spiro atoms. The quantitative estimate of drug-likeness (QED) is 0.742. The lowest BCUT2D eigenvalue weighted by atomic mass is 10.3. The maximum absolute atomic E-state index is 12.1. The molecule has 6 nitrogen and oxygen atoms in total. The summed E-state index contributed by atoms with van der Waals surface area (Å²) in [6, 6.07) is 0. The highest BCUT2D eigenvalue weighted by atomic mass is 35.5. The van der Waals surface area contributed by atoms with E-state index in [2.05, 4.69) is 4.98 Å². The lowest BCUT2D eigenvalue weighted by molar-refractivity contribution is 0.110. The Morgan fingerprint density at radius 3 is 2.59 bits per heavy atom. The molecule has 1 aromatic rings. The van der Waals surface area contributed by atoms with Gasteiger partial charge in [0.1, 0.15) is 5.15 Å². The Morgan fingerprint density at radius 2 is 2.00 bits per heavy atom. The Bertz CT molecular complexity index is 517. The number of aromatic nitrogens is 2. The first-order valence-electron chi connectivity index (χ1n) is 5.51. The number of nitrogens with zero attached hydrogens (tertiary/aromatic N) is 2. The van der Waals surface area contributed by atoms with E-state index in [0.717, 1.165) is 4.68 Å². The average Bonchev–Trinajstić information content (AvgIpc) is 2.30. The molecule has 17 heavy (non-hydrogen) atoms. The van der Waals surface area contributed by atoms with Crippen LogP contribution in [0.2, 0.25) is 5.15 Å². The van der Waals surface area contributed by atoms with Gasteiger partial charge in [-0.25, -0.2) is 4.79 Å². The van der Waals surface area contributed by atoms with E-state index < -0.39 is 5.69 Å². The third-order valence-corrected chi connectivity index (χ3v) is 3.07. The Balaban J connectivity index is 2.53. The first-order chi connectivity index (χ1) is 8.15. The number of halogens is 1. The molecular weight excluding hydrogens is 246 g/mol. The van der Waals surface area contributed by atoms with Crippen LogP contribution in [0.3, 0.4) is 0 Å². The zero-order chi connectivity index (χ0) is 12.4. The van der Waals surface area contributed by atoms with Gasteiger partial charge in [-0.3, -0.25) is 9.78 Å². The van der Waals surface area contributed by atoms with Crippen LogP contribution in [-0.4, -0.2) is 36.0 Å². The van der Waals surface area contributed by atoms with Gasteiger partial charge in [-0.15, -0.1) is 0 Å². The van der Waals surface area contributed by atoms with E-state index in [1.165, 1.54) is 0 Å². The summed E-state index contributed by atoms with van der Waals surface area (Å²) < 4.78 is 6.30. The van der Waals surface area contributed by atoms with Crippen LogP contribution in [0.1, 0.15) is 12.5 Å². The molecule has 1 saturated heterocycles. The monoisotopic (exact) mass is 259 g/mol. The molecule has 1 aliphatic rings. The van der Waals surface area contributed by atoms with Crippen molar-refractivity contribution in [3.05, 3.63) is 31.6 Å². The van der Waals surface area contributed by atoms with Crippen LogP contribution >= 0.6 is 11.6 Å². The number of H-pyrrole nitrogens is 1. The second-order valence-corrected chi connectivity index (χ2v) is 4.14. The smallest absolute Gasteiger partial charge is 0.348 e. The van der Waals surface area contributed by atoms with E-state index in [9.17, 15) is 9.59 Å². The van der Waals surface area contributed by atoms with Gasteiger partial charge in [-0.1, -0.05) is 18.5 Å². The summed E-state index contributed by atoms with van der Waals surface area (Å²) in [7, 11) is 0. The molecule has 1 fully saturated rings. The van der Waals surface area contributed by atoms with Gasteiger partial charge in [0.2, 0.25) is 0 Å². The molecule has 94 valence electrons. The summed E-state index contributed by atoms with van der Waals surface area (Å²) in [6.07, 6.45) is 0.485. The van der Waals surface area contributed by atoms with E-state index in [4.69, 9.17) is 16.3 Å². The minimum atomic E-state index is -0.501. The van der Waals surface area contributed by atoms with Gasteiger partial charge in [0.15, 0.2) is 0 Å². The zero-order valence-corrected chi connectivity index (χ0v) is 10.3. The zero-order valence-electron chi connectivity index (χ0n) is 9.53. The summed E-state index contributed by atoms with van der Waals surface area (Å²) >= 11 is 5.83. The van der Waals surface area contributed by atoms with Gasteiger partial charge >= 0.3 is 5.69 Å². The van der Waals surface area contributed by atoms with Gasteiger partial charge < -0.3 is 9.75 Å². The van der Waals surface area contributed by atoms with Crippen molar-refractivity contribution in [1.29, 1.82) is 0 Å². The van der Waals surface area contributed by atoms with Crippen LogP contribution < -0.4 is 16.3 Å². The molecule has 7 heteroatoms. The molecule has 0 unspecified atom stereocenters. The van der Waals surface area contributed by atoms with Gasteiger partial charge in [-0.2, -0.15) is 4.68 Å². The Kier molecular flexibility index (Phi) is 3.54. The minimum absolute atomic E-state index is 0.131. The van der Waals surface area contributed by atoms with E-state index in [1.807, 2.05) is 6.92 Å². The first-order valence-corrected chi connectivity index (χ1v) is 5.89. The molecular formula is C10H14ClN3O3. The summed E-state index contributed by atoms with van der Waals surface area (Å²) in [5, 5.41) is 1.81. The highest BCUT2D eigenvalue weighted by Crippen LogP contribution is 2.06. The van der Waals surface area contributed by atoms with E-state index in [0.29, 0.717) is 38.3 Å². The van der Waals surface area contributed by atoms with Crippen molar-refractivity contribution in [2.24, 2.45) is 0 Å². The van der Waals surface area contributed by atoms with E-state index in [1.54, 1.807) is 5.01 Å². The maximum Gasteiger partial charge on any atom is 0.348 e. The van der Waals surface area contributed by atoms with Crippen molar-refractivity contribution >= 4 is 11.6 Å². The predicted octanol–water partition coefficient (Wildman–Crippen LogP) is -0.279. The number of rotatable bonds is 2. The fourth-order valence-electron chi connectivity index (χ4n) is 1.85. The highest BCUT2D eigenvalue weighted by molar-refractivity contribution is 6.30. The lowest BCUT2D eigenvalue weighted by Gasteiger charge is -2.29. The Morgan fingerprint density at radius 1 is 1.35 bits per heavy atom. The van der Waals surface area contributed by atoms with Gasteiger partial charge in [0.05, 0.1) is 31.9 Å². The van der Waals surface area contributed by atoms with Crippen molar-refractivity contribution in [2.75, 3.05) is 31.3 Å². The molecule has 1 aromatic heterocycles. The molecule has 0 amide bonds. The average molecular weight is 260 g/mol. The van der Waals surface area contributed by atoms with Crippen LogP contribution in [-0.2, 0) is 11.2 Å². The second-order valence-electron chi connectivity index (χ2n) is 3.76. The SMILES string of the molecule is CCc1c(Cl)[nH]c(=O)n(N2CCOCC2)c1=O. The fourth-order valence-corrected chi connectivity index (χ4v) is 2.15. The first kappa shape index (κ1) is 12.2. The van der Waals surface area contributed by atoms with E-state index in [-0.39, 0.29) is 10.7 Å². The number of hydrogen-bond donors (Lipinski definition) is 1. The molecule has 0 bridgehead atoms. The van der Waals surface area contributed by atoms with Crippen LogP contribution in [0.15, 0.2) is 9.59 Å². The Hall–Kier alpha value is -1.27. The number of aromatic amines is 1. The second kappa shape index (κ2) is 4.93. The molecule has 0 aromatic carbocycles. The molecule has 1 aliphatic heterocycles. The number of morpholine rings is 1. The fraction of sp³-hybridized carbons (Fsp3) is 0.600. The third-order valence-electron chi connectivity index (χ3n) is 2.75. The molecule has 0 saturated carbocycles. The van der Waals surface area contributed by atoms with Gasteiger partial charge in [0, 0.05) is 0 Å². The Labute approximate surface area is 103 Å². The van der Waals surface area contributed by atoms with Crippen molar-refractivity contribution in [3.8, 4) is 0 Å². The van der Waals surface area contributed by atoms with Gasteiger partial charge in [-0.05, 0) is 6.42 Å². The number of ether oxygens (including phenoxy) is 1. The number of nitrogens with one attached hydrogen (secondary N) is 1. The summed E-state index contributed by atoms with van der Waals surface area (Å²) in [5.74, 6) is 0. The molecule has 0 atom stereocenters. The summed E-state index contributed by atoms with van der Waals surface area (Å²) in [6.45, 7) is 3.89. The van der Waals surface area contributed by atoms with Gasteiger partial charge in [0.25, 0.3) is 5.56 Å².